The van der Waals surface area contributed by atoms with Crippen LogP contribution >= 0.6 is 59.1 Å². The zero-order valence-electron chi connectivity index (χ0n) is 9.21. The fraction of sp³-hybridized carbons (Fsp3) is 0. The van der Waals surface area contributed by atoms with E-state index in [0.717, 1.165) is 12.0 Å². The number of benzene rings is 1. The van der Waals surface area contributed by atoms with Gasteiger partial charge in [0.05, 0.1) is 24.4 Å². The predicted molar refractivity (Wildman–Crippen MR) is 86.5 cm³/mol. The third-order valence-corrected chi connectivity index (χ3v) is 5.08. The monoisotopic (exact) mass is 462 g/mol. The van der Waals surface area contributed by atoms with Crippen molar-refractivity contribution >= 4 is 70.7 Å². The number of rotatable bonds is 2. The van der Waals surface area contributed by atoms with Gasteiger partial charge in [0, 0.05) is 4.47 Å². The molecule has 19 heavy (non-hydrogen) atoms. The van der Waals surface area contributed by atoms with Crippen molar-refractivity contribution in [2.24, 2.45) is 0 Å². The number of nitrogens with one attached hydrogen (secondary N) is 1. The summed E-state index contributed by atoms with van der Waals surface area (Å²) in [5, 5.41) is 11.8. The number of nitrogens with zero attached hydrogens (tertiary/aromatic N) is 1. The van der Waals surface area contributed by atoms with Gasteiger partial charge < -0.3 is 5.32 Å². The maximum atomic E-state index is 12.1. The van der Waals surface area contributed by atoms with E-state index in [9.17, 15) is 4.79 Å². The lowest BCUT2D eigenvalue weighted by Gasteiger charge is -2.06. The van der Waals surface area contributed by atoms with Crippen molar-refractivity contribution < 1.29 is 4.79 Å². The molecule has 1 amide bonds. The number of halogens is 3. The lowest BCUT2D eigenvalue weighted by atomic mass is 10.2. The molecular formula is C12H5Br3N2OS. The number of thiophene rings is 1. The molecule has 0 radical (unpaired) electrons. The van der Waals surface area contributed by atoms with Gasteiger partial charge in [0.2, 0.25) is 0 Å². The van der Waals surface area contributed by atoms with Crippen LogP contribution in [-0.4, -0.2) is 5.91 Å². The van der Waals surface area contributed by atoms with E-state index in [-0.39, 0.29) is 5.91 Å². The zero-order valence-corrected chi connectivity index (χ0v) is 14.8. The highest BCUT2D eigenvalue weighted by atomic mass is 79.9. The quantitative estimate of drug-likeness (QED) is 0.667. The molecule has 0 aliphatic rings. The summed E-state index contributed by atoms with van der Waals surface area (Å²) in [6.07, 6.45) is 0. The zero-order chi connectivity index (χ0) is 14.0. The summed E-state index contributed by atoms with van der Waals surface area (Å²) in [4.78, 5) is 12.1. The van der Waals surface area contributed by atoms with Crippen molar-refractivity contribution in [3.8, 4) is 6.07 Å². The second-order valence-electron chi connectivity index (χ2n) is 3.49. The number of carbonyl (C=O) groups excluding carboxylic acids is 1. The molecule has 7 heteroatoms. The number of hydrogen-bond donors (Lipinski definition) is 1. The molecule has 1 N–H and O–H groups in total. The molecule has 0 aliphatic carbocycles. The summed E-state index contributed by atoms with van der Waals surface area (Å²) in [6, 6.07) is 8.88. The molecular weight excluding hydrogens is 460 g/mol. The Morgan fingerprint density at radius 2 is 2.00 bits per heavy atom. The van der Waals surface area contributed by atoms with E-state index in [1.165, 1.54) is 11.3 Å². The molecule has 0 saturated carbocycles. The van der Waals surface area contributed by atoms with Crippen molar-refractivity contribution in [3.05, 3.63) is 47.4 Å². The van der Waals surface area contributed by atoms with E-state index in [1.54, 1.807) is 24.3 Å². The Morgan fingerprint density at radius 1 is 1.26 bits per heavy atom. The van der Waals surface area contributed by atoms with Crippen LogP contribution in [0.1, 0.15) is 15.9 Å². The van der Waals surface area contributed by atoms with Gasteiger partial charge in [0.25, 0.3) is 5.91 Å². The summed E-state index contributed by atoms with van der Waals surface area (Å²) >= 11 is 11.4. The molecule has 0 spiro atoms. The lowest BCUT2D eigenvalue weighted by molar-refractivity contribution is 0.102. The molecule has 0 fully saturated rings. The van der Waals surface area contributed by atoms with E-state index < -0.39 is 0 Å². The molecule has 1 aromatic carbocycles. The van der Waals surface area contributed by atoms with E-state index in [1.807, 2.05) is 6.07 Å². The van der Waals surface area contributed by atoms with E-state index >= 15 is 0 Å². The molecule has 0 atom stereocenters. The van der Waals surface area contributed by atoms with Gasteiger partial charge >= 0.3 is 0 Å². The van der Waals surface area contributed by atoms with Crippen LogP contribution in [0, 0.1) is 11.3 Å². The topological polar surface area (TPSA) is 52.9 Å². The van der Waals surface area contributed by atoms with Gasteiger partial charge in [-0.15, -0.1) is 11.3 Å². The van der Waals surface area contributed by atoms with E-state index in [2.05, 4.69) is 53.1 Å². The van der Waals surface area contributed by atoms with E-state index in [0.29, 0.717) is 16.8 Å². The largest absolute Gasteiger partial charge is 0.321 e. The lowest BCUT2D eigenvalue weighted by Crippen LogP contribution is -2.12. The molecule has 0 aliphatic heterocycles. The molecule has 2 rings (SSSR count). The van der Waals surface area contributed by atoms with Crippen molar-refractivity contribution in [3.63, 3.8) is 0 Å². The van der Waals surface area contributed by atoms with Crippen LogP contribution in [0.2, 0.25) is 0 Å². The van der Waals surface area contributed by atoms with Gasteiger partial charge in [-0.05, 0) is 56.1 Å². The molecule has 1 aromatic heterocycles. The molecule has 0 saturated heterocycles. The number of amides is 1. The normalized spacial score (nSPS) is 10.0. The first kappa shape index (κ1) is 14.7. The minimum atomic E-state index is -0.261. The van der Waals surface area contributed by atoms with Gasteiger partial charge in [-0.3, -0.25) is 4.79 Å². The number of nitriles is 1. The molecule has 96 valence electrons. The first-order valence-corrected chi connectivity index (χ1v) is 8.16. The molecule has 0 bridgehead atoms. The van der Waals surface area contributed by atoms with Crippen LogP contribution in [0.15, 0.2) is 36.3 Å². The van der Waals surface area contributed by atoms with Crippen LogP contribution in [0.3, 0.4) is 0 Å². The van der Waals surface area contributed by atoms with E-state index in [4.69, 9.17) is 5.26 Å². The van der Waals surface area contributed by atoms with Gasteiger partial charge in [-0.2, -0.15) is 5.26 Å². The maximum Gasteiger partial charge on any atom is 0.257 e. The van der Waals surface area contributed by atoms with Gasteiger partial charge in [0.1, 0.15) is 6.07 Å². The van der Waals surface area contributed by atoms with Crippen LogP contribution in [-0.2, 0) is 0 Å². The summed E-state index contributed by atoms with van der Waals surface area (Å²) in [7, 11) is 0. The minimum Gasteiger partial charge on any atom is -0.321 e. The average Bonchev–Trinajstić information content (AvgIpc) is 2.69. The van der Waals surface area contributed by atoms with Crippen LogP contribution in [0.5, 0.6) is 0 Å². The summed E-state index contributed by atoms with van der Waals surface area (Å²) in [5.41, 5.74) is 1.43. The summed E-state index contributed by atoms with van der Waals surface area (Å²) < 4.78 is 2.40. The summed E-state index contributed by atoms with van der Waals surface area (Å²) in [5.74, 6) is -0.261. The van der Waals surface area contributed by atoms with Gasteiger partial charge in [-0.25, -0.2) is 0 Å². The molecule has 1 heterocycles. The third-order valence-electron chi connectivity index (χ3n) is 2.25. The second-order valence-corrected chi connectivity index (χ2v) is 8.16. The Morgan fingerprint density at radius 3 is 2.58 bits per heavy atom. The fourth-order valence-electron chi connectivity index (χ4n) is 1.40. The number of anilines is 1. The minimum absolute atomic E-state index is 0.261. The van der Waals surface area contributed by atoms with Crippen molar-refractivity contribution in [1.29, 1.82) is 5.26 Å². The smallest absolute Gasteiger partial charge is 0.257 e. The highest BCUT2D eigenvalue weighted by Gasteiger charge is 2.15. The first-order valence-electron chi connectivity index (χ1n) is 4.97. The van der Waals surface area contributed by atoms with Gasteiger partial charge in [-0.1, -0.05) is 15.9 Å². The SMILES string of the molecule is N#Cc1ccc(Br)cc1NC(=O)c1cc(Br)sc1Br. The van der Waals surface area contributed by atoms with Crippen LogP contribution in [0.4, 0.5) is 5.69 Å². The molecule has 2 aromatic rings. The highest BCUT2D eigenvalue weighted by molar-refractivity contribution is 9.12. The third kappa shape index (κ3) is 3.45. The average molecular weight is 465 g/mol. The van der Waals surface area contributed by atoms with Gasteiger partial charge in [0.15, 0.2) is 0 Å². The van der Waals surface area contributed by atoms with Crippen LogP contribution < -0.4 is 5.32 Å². The Kier molecular flexibility index (Phi) is 4.79. The second kappa shape index (κ2) is 6.18. The first-order chi connectivity index (χ1) is 9.01. The number of hydrogen-bond acceptors (Lipinski definition) is 3. The maximum absolute atomic E-state index is 12.1. The molecule has 0 unspecified atom stereocenters. The van der Waals surface area contributed by atoms with Crippen molar-refractivity contribution in [2.75, 3.05) is 5.32 Å². The summed E-state index contributed by atoms with van der Waals surface area (Å²) in [6.45, 7) is 0. The van der Waals surface area contributed by atoms with Crippen molar-refractivity contribution in [1.82, 2.24) is 0 Å². The predicted octanol–water partition coefficient (Wildman–Crippen LogP) is 5.16. The fourth-order valence-corrected chi connectivity index (χ4v) is 4.56. The molecule has 3 nitrogen and oxygen atoms in total. The highest BCUT2D eigenvalue weighted by Crippen LogP contribution is 2.32. The Bertz CT molecular complexity index is 691. The Hall–Kier alpha value is -0.680. The number of carbonyl (C=O) groups is 1. The Labute approximate surface area is 139 Å². The van der Waals surface area contributed by atoms with Crippen molar-refractivity contribution in [2.45, 2.75) is 0 Å². The van der Waals surface area contributed by atoms with Crippen LogP contribution in [0.25, 0.3) is 0 Å². The standard InChI is InChI=1S/C12H5Br3N2OS/c13-7-2-1-6(5-16)9(3-7)17-12(18)8-4-10(14)19-11(8)15/h1-4H,(H,17,18). The Balaban J connectivity index is 2.32.